The second-order valence-corrected chi connectivity index (χ2v) is 8.84. The van der Waals surface area contributed by atoms with E-state index in [0.717, 1.165) is 40.6 Å². The molecule has 3 atom stereocenters. The third kappa shape index (κ3) is 3.82. The van der Waals surface area contributed by atoms with Crippen LogP contribution in [0, 0.1) is 17.7 Å². The molecule has 5 heteroatoms. The molecule has 0 N–H and O–H groups in total. The Kier molecular flexibility index (Phi) is 5.46. The topological polar surface area (TPSA) is 35.5 Å². The van der Waals surface area contributed by atoms with Gasteiger partial charge in [-0.3, -0.25) is 4.79 Å². The summed E-state index contributed by atoms with van der Waals surface area (Å²) in [5.74, 6) is 0.961. The molecule has 2 aromatic carbocycles. The molecule has 0 aromatic heterocycles. The fourth-order valence-electron chi connectivity index (χ4n) is 4.41. The predicted octanol–water partition coefficient (Wildman–Crippen LogP) is 5.61. The van der Waals surface area contributed by atoms with Gasteiger partial charge < -0.3 is 9.47 Å². The zero-order chi connectivity index (χ0) is 19.8. The molecule has 0 spiro atoms. The molecule has 28 heavy (non-hydrogen) atoms. The highest BCUT2D eigenvalue weighted by atomic mass is 79.9. The lowest BCUT2D eigenvalue weighted by Gasteiger charge is -2.28. The number of halogens is 2. The summed E-state index contributed by atoms with van der Waals surface area (Å²) in [5.41, 5.74) is 2.92. The van der Waals surface area contributed by atoms with Crippen molar-refractivity contribution in [3.05, 3.63) is 63.4 Å². The summed E-state index contributed by atoms with van der Waals surface area (Å²) in [6.45, 7) is 2.42. The van der Waals surface area contributed by atoms with E-state index >= 15 is 0 Å². The van der Waals surface area contributed by atoms with Crippen LogP contribution in [0.15, 0.2) is 40.9 Å². The maximum Gasteiger partial charge on any atom is 0.309 e. The second kappa shape index (κ2) is 7.86. The molecule has 2 aromatic rings. The largest absolute Gasteiger partial charge is 0.493 e. The minimum absolute atomic E-state index is 0.0201. The normalized spacial score (nSPS) is 20.6. The molecule has 0 bridgehead atoms. The van der Waals surface area contributed by atoms with E-state index in [-0.39, 0.29) is 29.5 Å². The van der Waals surface area contributed by atoms with Gasteiger partial charge in [0.05, 0.1) is 19.6 Å². The Morgan fingerprint density at radius 3 is 2.71 bits per heavy atom. The lowest BCUT2D eigenvalue weighted by atomic mass is 9.81. The third-order valence-electron chi connectivity index (χ3n) is 6.02. The molecule has 0 amide bonds. The highest BCUT2D eigenvalue weighted by Gasteiger charge is 2.39. The van der Waals surface area contributed by atoms with Gasteiger partial charge in [0, 0.05) is 10.4 Å². The quantitative estimate of drug-likeness (QED) is 0.559. The first kappa shape index (κ1) is 19.4. The Morgan fingerprint density at radius 2 is 2.04 bits per heavy atom. The average Bonchev–Trinajstić information content (AvgIpc) is 3.52. The molecule has 1 heterocycles. The molecule has 2 unspecified atom stereocenters. The maximum atomic E-state index is 14.4. The van der Waals surface area contributed by atoms with E-state index in [4.69, 9.17) is 9.47 Å². The fourth-order valence-corrected chi connectivity index (χ4v) is 4.74. The Morgan fingerprint density at radius 1 is 1.25 bits per heavy atom. The lowest BCUT2D eigenvalue weighted by Crippen LogP contribution is -2.24. The highest BCUT2D eigenvalue weighted by molar-refractivity contribution is 9.10. The molecule has 1 fully saturated rings. The van der Waals surface area contributed by atoms with E-state index in [9.17, 15) is 9.18 Å². The van der Waals surface area contributed by atoms with Gasteiger partial charge in [-0.05, 0) is 66.0 Å². The van der Waals surface area contributed by atoms with Gasteiger partial charge in [0.15, 0.2) is 0 Å². The lowest BCUT2D eigenvalue weighted by molar-refractivity contribution is -0.145. The van der Waals surface area contributed by atoms with Crippen LogP contribution in [-0.4, -0.2) is 19.7 Å². The standard InChI is InChI=1S/C23H24BrFO3/c1-13(23(26)27-2)22(14-3-4-14)15-5-8-21-16(9-15)10-17(12-28-21)19-7-6-18(24)11-20(19)25/h5-9,11,13-14,17,22H,3-4,10,12H2,1-2H3/t13-,17?,22?/m0/s1. The molecular weight excluding hydrogens is 423 g/mol. The number of esters is 1. The Balaban J connectivity index is 1.62. The van der Waals surface area contributed by atoms with Crippen LogP contribution in [-0.2, 0) is 16.0 Å². The zero-order valence-corrected chi connectivity index (χ0v) is 17.7. The molecule has 1 saturated carbocycles. The van der Waals surface area contributed by atoms with Crippen LogP contribution < -0.4 is 4.74 Å². The predicted molar refractivity (Wildman–Crippen MR) is 109 cm³/mol. The molecule has 3 nitrogen and oxygen atoms in total. The molecule has 0 saturated heterocycles. The summed E-state index contributed by atoms with van der Waals surface area (Å²) < 4.78 is 26.1. The second-order valence-electron chi connectivity index (χ2n) is 7.92. The number of carbonyl (C=O) groups excluding carboxylic acids is 1. The molecule has 1 aliphatic heterocycles. The number of carbonyl (C=O) groups is 1. The molecule has 4 rings (SSSR count). The summed E-state index contributed by atoms with van der Waals surface area (Å²) >= 11 is 3.31. The summed E-state index contributed by atoms with van der Waals surface area (Å²) in [6, 6.07) is 11.4. The number of ether oxygens (including phenoxy) is 2. The van der Waals surface area contributed by atoms with Crippen LogP contribution in [0.5, 0.6) is 5.75 Å². The Bertz CT molecular complexity index is 893. The van der Waals surface area contributed by atoms with E-state index in [1.807, 2.05) is 25.1 Å². The molecule has 148 valence electrons. The van der Waals surface area contributed by atoms with E-state index in [2.05, 4.69) is 28.1 Å². The molecule has 0 radical (unpaired) electrons. The number of methoxy groups -OCH3 is 1. The van der Waals surface area contributed by atoms with Gasteiger partial charge >= 0.3 is 5.97 Å². The number of benzene rings is 2. The van der Waals surface area contributed by atoms with Gasteiger partial charge in [-0.2, -0.15) is 0 Å². The van der Waals surface area contributed by atoms with Crippen LogP contribution in [0.2, 0.25) is 0 Å². The van der Waals surface area contributed by atoms with Crippen molar-refractivity contribution < 1.29 is 18.7 Å². The summed E-state index contributed by atoms with van der Waals surface area (Å²) in [7, 11) is 1.45. The molecule has 1 aliphatic carbocycles. The van der Waals surface area contributed by atoms with Crippen LogP contribution in [0.3, 0.4) is 0 Å². The van der Waals surface area contributed by atoms with E-state index in [1.54, 1.807) is 0 Å². The maximum absolute atomic E-state index is 14.4. The number of fused-ring (bicyclic) bond motifs is 1. The van der Waals surface area contributed by atoms with Crippen LogP contribution >= 0.6 is 15.9 Å². The smallest absolute Gasteiger partial charge is 0.309 e. The van der Waals surface area contributed by atoms with Crippen molar-refractivity contribution in [2.45, 2.75) is 38.0 Å². The minimum Gasteiger partial charge on any atom is -0.493 e. The van der Waals surface area contributed by atoms with Gasteiger partial charge in [0.2, 0.25) is 0 Å². The van der Waals surface area contributed by atoms with Crippen molar-refractivity contribution in [3.63, 3.8) is 0 Å². The minimum atomic E-state index is -0.210. The van der Waals surface area contributed by atoms with Crippen LogP contribution in [0.4, 0.5) is 4.39 Å². The number of hydrogen-bond acceptors (Lipinski definition) is 3. The monoisotopic (exact) mass is 446 g/mol. The van der Waals surface area contributed by atoms with E-state index in [0.29, 0.717) is 18.1 Å². The van der Waals surface area contributed by atoms with Crippen LogP contribution in [0.1, 0.15) is 48.3 Å². The highest BCUT2D eigenvalue weighted by Crippen LogP contribution is 2.48. The average molecular weight is 447 g/mol. The van der Waals surface area contributed by atoms with Gasteiger partial charge in [0.25, 0.3) is 0 Å². The van der Waals surface area contributed by atoms with E-state index < -0.39 is 0 Å². The SMILES string of the molecule is COC(=O)[C@@H](C)C(c1ccc2c(c1)CC(c1ccc(Br)cc1F)CO2)C1CC1. The summed E-state index contributed by atoms with van der Waals surface area (Å²) in [5, 5.41) is 0. The van der Waals surface area contributed by atoms with Gasteiger partial charge in [0.1, 0.15) is 11.6 Å². The Labute approximate surface area is 173 Å². The van der Waals surface area contributed by atoms with Crippen molar-refractivity contribution in [1.82, 2.24) is 0 Å². The number of rotatable bonds is 5. The zero-order valence-electron chi connectivity index (χ0n) is 16.1. The van der Waals surface area contributed by atoms with Crippen molar-refractivity contribution in [2.24, 2.45) is 11.8 Å². The van der Waals surface area contributed by atoms with Crippen molar-refractivity contribution in [2.75, 3.05) is 13.7 Å². The number of hydrogen-bond donors (Lipinski definition) is 0. The Hall–Kier alpha value is -1.88. The molecule has 2 aliphatic rings. The van der Waals surface area contributed by atoms with Gasteiger partial charge in [-0.15, -0.1) is 0 Å². The van der Waals surface area contributed by atoms with E-state index in [1.165, 1.54) is 13.2 Å². The molecular formula is C23H24BrFO3. The fraction of sp³-hybridized carbons (Fsp3) is 0.435. The first-order valence-corrected chi connectivity index (χ1v) is 10.6. The first-order valence-electron chi connectivity index (χ1n) is 9.76. The van der Waals surface area contributed by atoms with Crippen LogP contribution in [0.25, 0.3) is 0 Å². The van der Waals surface area contributed by atoms with Crippen molar-refractivity contribution in [1.29, 1.82) is 0 Å². The third-order valence-corrected chi connectivity index (χ3v) is 6.51. The summed E-state index contributed by atoms with van der Waals surface area (Å²) in [6.07, 6.45) is 3.02. The first-order chi connectivity index (χ1) is 13.5. The van der Waals surface area contributed by atoms with Gasteiger partial charge in [-0.25, -0.2) is 4.39 Å². The van der Waals surface area contributed by atoms with Crippen molar-refractivity contribution >= 4 is 21.9 Å². The van der Waals surface area contributed by atoms with Gasteiger partial charge in [-0.1, -0.05) is 41.1 Å². The van der Waals surface area contributed by atoms with Crippen molar-refractivity contribution in [3.8, 4) is 5.75 Å². The summed E-state index contributed by atoms with van der Waals surface area (Å²) in [4.78, 5) is 12.2.